The standard InChI is InChI=1S/C41H53ClN11O4P/c1-41(2,3)57-40(54)53-16-11-27(12-17-53)10-15-51-18-20-52(21-19-51)34-23-35(56-5)33(22-29(34)28-24-46-50(4)26-28)48-39-45-25-30(42)38(49-39)47-32-9-8-31-36(44-14-13-43-31)37(32)58(6,7)55/h8-9,13-14,22-27H,10-12,15-21H2,1-7H3,(H2,45,47,48,49). The van der Waals surface area contributed by atoms with E-state index in [2.05, 4.69) is 52.6 Å². The molecule has 0 radical (unpaired) electrons. The average Bonchev–Trinajstić information content (AvgIpc) is 3.63. The highest BCUT2D eigenvalue weighted by molar-refractivity contribution is 7.71. The van der Waals surface area contributed by atoms with Crippen molar-refractivity contribution in [2.24, 2.45) is 13.0 Å². The lowest BCUT2D eigenvalue weighted by Crippen LogP contribution is -2.47. The molecule has 0 atom stereocenters. The van der Waals surface area contributed by atoms with E-state index in [-0.39, 0.29) is 12.0 Å². The first-order chi connectivity index (χ1) is 27.6. The van der Waals surface area contributed by atoms with Gasteiger partial charge in [0.25, 0.3) is 0 Å². The van der Waals surface area contributed by atoms with Crippen LogP contribution in [0.3, 0.4) is 0 Å². The number of rotatable bonds is 11. The zero-order valence-corrected chi connectivity index (χ0v) is 36.0. The average molecular weight is 830 g/mol. The maximum absolute atomic E-state index is 13.5. The summed E-state index contributed by atoms with van der Waals surface area (Å²) in [6.45, 7) is 15.3. The summed E-state index contributed by atoms with van der Waals surface area (Å²) in [5.74, 6) is 1.86. The summed E-state index contributed by atoms with van der Waals surface area (Å²) in [4.78, 5) is 37.5. The topological polar surface area (TPSA) is 156 Å². The van der Waals surface area contributed by atoms with E-state index in [1.54, 1.807) is 37.5 Å². The van der Waals surface area contributed by atoms with Crippen molar-refractivity contribution in [2.45, 2.75) is 45.6 Å². The lowest BCUT2D eigenvalue weighted by molar-refractivity contribution is 0.0177. The number of fused-ring (bicyclic) bond motifs is 1. The van der Waals surface area contributed by atoms with Crippen molar-refractivity contribution in [3.63, 3.8) is 0 Å². The maximum Gasteiger partial charge on any atom is 0.410 e. The quantitative estimate of drug-likeness (QED) is 0.127. The molecule has 0 saturated carbocycles. The Hall–Kier alpha value is -4.98. The monoisotopic (exact) mass is 829 g/mol. The van der Waals surface area contributed by atoms with Gasteiger partial charge in [0.15, 0.2) is 5.82 Å². The van der Waals surface area contributed by atoms with Crippen LogP contribution in [0.15, 0.2) is 55.2 Å². The van der Waals surface area contributed by atoms with E-state index in [4.69, 9.17) is 26.1 Å². The molecular weight excluding hydrogens is 777 g/mol. The Balaban J connectivity index is 1.06. The van der Waals surface area contributed by atoms with Gasteiger partial charge in [-0.05, 0) is 84.0 Å². The number of nitrogens with zero attached hydrogens (tertiary/aromatic N) is 9. The van der Waals surface area contributed by atoms with Gasteiger partial charge < -0.3 is 34.5 Å². The fourth-order valence-electron chi connectivity index (χ4n) is 7.63. The van der Waals surface area contributed by atoms with Crippen molar-refractivity contribution in [1.29, 1.82) is 0 Å². The number of amides is 1. The minimum atomic E-state index is -2.82. The summed E-state index contributed by atoms with van der Waals surface area (Å²) in [5, 5.41) is 12.0. The molecule has 308 valence electrons. The van der Waals surface area contributed by atoms with Gasteiger partial charge in [-0.25, -0.2) is 9.78 Å². The van der Waals surface area contributed by atoms with Crippen LogP contribution in [0.25, 0.3) is 22.2 Å². The second kappa shape index (κ2) is 17.1. The minimum absolute atomic E-state index is 0.205. The number of piperazine rings is 1. The molecule has 0 aliphatic carbocycles. The Morgan fingerprint density at radius 3 is 2.38 bits per heavy atom. The fraction of sp³-hybridized carbons (Fsp3) is 0.463. The molecular formula is C41H53ClN11O4P. The van der Waals surface area contributed by atoms with E-state index >= 15 is 0 Å². The maximum atomic E-state index is 13.5. The Morgan fingerprint density at radius 2 is 1.71 bits per heavy atom. The number of hydrogen-bond donors (Lipinski definition) is 2. The van der Waals surface area contributed by atoms with Crippen LogP contribution in [0.1, 0.15) is 40.0 Å². The molecule has 15 nitrogen and oxygen atoms in total. The van der Waals surface area contributed by atoms with Crippen LogP contribution in [-0.2, 0) is 16.3 Å². The second-order valence-electron chi connectivity index (χ2n) is 16.4. The molecule has 2 aliphatic heterocycles. The summed E-state index contributed by atoms with van der Waals surface area (Å²) in [7, 11) is 0.744. The molecule has 0 bridgehead atoms. The van der Waals surface area contributed by atoms with Gasteiger partial charge in [0, 0.05) is 87.8 Å². The van der Waals surface area contributed by atoms with E-state index in [0.717, 1.165) is 81.9 Å². The van der Waals surface area contributed by atoms with Crippen LogP contribution in [-0.4, -0.2) is 117 Å². The smallest absolute Gasteiger partial charge is 0.410 e. The van der Waals surface area contributed by atoms with Crippen molar-refractivity contribution < 1.29 is 18.8 Å². The van der Waals surface area contributed by atoms with E-state index < -0.39 is 12.7 Å². The van der Waals surface area contributed by atoms with Gasteiger partial charge in [-0.1, -0.05) is 11.6 Å². The molecule has 5 heterocycles. The van der Waals surface area contributed by atoms with E-state index in [0.29, 0.717) is 50.2 Å². The summed E-state index contributed by atoms with van der Waals surface area (Å²) in [5.41, 5.74) is 5.00. The molecule has 3 aromatic heterocycles. The molecule has 2 N–H and O–H groups in total. The number of anilines is 5. The molecule has 0 unspecified atom stereocenters. The summed E-state index contributed by atoms with van der Waals surface area (Å²) >= 11 is 6.64. The number of piperidine rings is 1. The first-order valence-corrected chi connectivity index (χ1v) is 22.7. The summed E-state index contributed by atoms with van der Waals surface area (Å²) in [6, 6.07) is 7.76. The number of likely N-dealkylation sites (tertiary alicyclic amines) is 1. The predicted octanol–water partition coefficient (Wildman–Crippen LogP) is 7.38. The second-order valence-corrected chi connectivity index (χ2v) is 19.9. The van der Waals surface area contributed by atoms with Crippen LogP contribution in [0.5, 0.6) is 5.75 Å². The van der Waals surface area contributed by atoms with Crippen LogP contribution in [0, 0.1) is 5.92 Å². The van der Waals surface area contributed by atoms with E-state index in [9.17, 15) is 9.36 Å². The molecule has 2 aliphatic rings. The van der Waals surface area contributed by atoms with Gasteiger partial charge in [0.1, 0.15) is 29.0 Å². The van der Waals surface area contributed by atoms with Gasteiger partial charge in [-0.3, -0.25) is 19.5 Å². The molecule has 2 fully saturated rings. The number of aryl methyl sites for hydroxylation is 1. The molecule has 5 aromatic rings. The highest BCUT2D eigenvalue weighted by atomic mass is 35.5. The van der Waals surface area contributed by atoms with Gasteiger partial charge >= 0.3 is 6.09 Å². The predicted molar refractivity (Wildman–Crippen MR) is 231 cm³/mol. The highest BCUT2D eigenvalue weighted by Crippen LogP contribution is 2.43. The van der Waals surface area contributed by atoms with Gasteiger partial charge in [-0.2, -0.15) is 10.1 Å². The van der Waals surface area contributed by atoms with Crippen molar-refractivity contribution in [2.75, 3.05) is 81.8 Å². The molecule has 2 saturated heterocycles. The Bertz CT molecular complexity index is 2310. The lowest BCUT2D eigenvalue weighted by atomic mass is 9.93. The number of benzene rings is 2. The van der Waals surface area contributed by atoms with Crippen molar-refractivity contribution in [3.8, 4) is 16.9 Å². The highest BCUT2D eigenvalue weighted by Gasteiger charge is 2.29. The molecule has 0 spiro atoms. The Morgan fingerprint density at radius 1 is 0.966 bits per heavy atom. The molecule has 58 heavy (non-hydrogen) atoms. The van der Waals surface area contributed by atoms with Gasteiger partial charge in [0.2, 0.25) is 5.95 Å². The van der Waals surface area contributed by atoms with Crippen LogP contribution in [0.4, 0.5) is 33.6 Å². The third kappa shape index (κ3) is 9.65. The number of halogens is 1. The molecule has 7 rings (SSSR count). The summed E-state index contributed by atoms with van der Waals surface area (Å²) < 4.78 is 26.9. The van der Waals surface area contributed by atoms with E-state index in [1.165, 1.54) is 6.20 Å². The molecule has 1 amide bonds. The number of carbonyl (C=O) groups excluding carboxylic acids is 1. The summed E-state index contributed by atoms with van der Waals surface area (Å²) in [6.07, 6.45) is 11.5. The lowest BCUT2D eigenvalue weighted by Gasteiger charge is -2.38. The SMILES string of the molecule is COc1cc(N2CCN(CCC3CCN(C(=O)OC(C)(C)C)CC3)CC2)c(-c2cnn(C)c2)cc1Nc1ncc(Cl)c(Nc2ccc3nccnc3c2P(C)(C)=O)n1. The van der Waals surface area contributed by atoms with Gasteiger partial charge in [0.05, 0.1) is 41.7 Å². The van der Waals surface area contributed by atoms with Crippen molar-refractivity contribution in [1.82, 2.24) is 39.5 Å². The number of nitrogens with one attached hydrogen (secondary N) is 2. The Kier molecular flexibility index (Phi) is 12.1. The number of hydrogen-bond acceptors (Lipinski definition) is 13. The van der Waals surface area contributed by atoms with Crippen molar-refractivity contribution in [3.05, 3.63) is 60.3 Å². The normalized spacial score (nSPS) is 15.8. The largest absolute Gasteiger partial charge is 0.494 e. The van der Waals surface area contributed by atoms with Crippen LogP contribution in [0.2, 0.25) is 5.02 Å². The fourth-order valence-corrected chi connectivity index (χ4v) is 9.16. The first kappa shape index (κ1) is 41.2. The molecule has 17 heteroatoms. The third-order valence-electron chi connectivity index (χ3n) is 10.6. The minimum Gasteiger partial charge on any atom is -0.494 e. The first-order valence-electron chi connectivity index (χ1n) is 19.7. The van der Waals surface area contributed by atoms with Crippen LogP contribution < -0.4 is 25.6 Å². The van der Waals surface area contributed by atoms with Crippen molar-refractivity contribution >= 4 is 70.0 Å². The number of aromatic nitrogens is 6. The third-order valence-corrected chi connectivity index (χ3v) is 12.4. The number of methoxy groups -OCH3 is 1. The van der Waals surface area contributed by atoms with Gasteiger partial charge in [-0.15, -0.1) is 0 Å². The Labute approximate surface area is 344 Å². The zero-order valence-electron chi connectivity index (χ0n) is 34.3. The van der Waals surface area contributed by atoms with E-state index in [1.807, 2.05) is 57.2 Å². The number of ether oxygens (including phenoxy) is 2. The molecule has 2 aromatic carbocycles. The van der Waals surface area contributed by atoms with Crippen LogP contribution >= 0.6 is 18.7 Å². The zero-order chi connectivity index (χ0) is 41.2. The number of carbonyl (C=O) groups is 1.